The van der Waals surface area contributed by atoms with Crippen LogP contribution >= 0.6 is 11.3 Å². The lowest BCUT2D eigenvalue weighted by molar-refractivity contribution is 0.404. The smallest absolute Gasteiger partial charge is 0.176 e. The van der Waals surface area contributed by atoms with E-state index in [9.17, 15) is 0 Å². The first kappa shape index (κ1) is 12.0. The van der Waals surface area contributed by atoms with Gasteiger partial charge in [0, 0.05) is 6.42 Å². The summed E-state index contributed by atoms with van der Waals surface area (Å²) in [6, 6.07) is 2.11. The lowest BCUT2D eigenvalue weighted by Gasteiger charge is -2.14. The number of nitrogens with one attached hydrogen (secondary N) is 1. The number of rotatable bonds is 5. The number of hydrogen-bond donors (Lipinski definition) is 1. The molecule has 2 aromatic heterocycles. The van der Waals surface area contributed by atoms with Gasteiger partial charge >= 0.3 is 0 Å². The topological polar surface area (TPSA) is 64.9 Å². The first-order chi connectivity index (χ1) is 8.24. The first-order valence-electron chi connectivity index (χ1n) is 5.26. The number of thiophene rings is 1. The molecule has 17 heavy (non-hydrogen) atoms. The molecular weight excluding hydrogens is 238 g/mol. The van der Waals surface area contributed by atoms with Crippen molar-refractivity contribution in [3.05, 3.63) is 22.1 Å². The Hall–Kier alpha value is -1.47. The van der Waals surface area contributed by atoms with Crippen LogP contribution in [-0.2, 0) is 13.5 Å². The quantitative estimate of drug-likeness (QED) is 0.853. The molecule has 0 aliphatic carbocycles. The van der Waals surface area contributed by atoms with Gasteiger partial charge in [-0.05, 0) is 23.7 Å². The molecule has 1 atom stereocenters. The standard InChI is InChI=1S/C10H15N5OS/c1-11-7(6-9-12-14-15(2)13-9)10-8(16-3)4-5-17-10/h4-5,7,11H,6H2,1-3H3. The summed E-state index contributed by atoms with van der Waals surface area (Å²) in [5.41, 5.74) is 0. The van der Waals surface area contributed by atoms with Gasteiger partial charge in [-0.1, -0.05) is 0 Å². The number of methoxy groups -OCH3 is 1. The van der Waals surface area contributed by atoms with Crippen LogP contribution in [0.15, 0.2) is 11.4 Å². The van der Waals surface area contributed by atoms with Gasteiger partial charge in [-0.3, -0.25) is 0 Å². The zero-order chi connectivity index (χ0) is 12.3. The van der Waals surface area contributed by atoms with Gasteiger partial charge in [0.1, 0.15) is 5.75 Å². The van der Waals surface area contributed by atoms with Crippen molar-refractivity contribution in [2.75, 3.05) is 14.2 Å². The molecule has 0 aliphatic rings. The Kier molecular flexibility index (Phi) is 3.70. The number of nitrogens with zero attached hydrogens (tertiary/aromatic N) is 4. The number of ether oxygens (including phenoxy) is 1. The van der Waals surface area contributed by atoms with Gasteiger partial charge in [-0.15, -0.1) is 21.5 Å². The highest BCUT2D eigenvalue weighted by atomic mass is 32.1. The van der Waals surface area contributed by atoms with Crippen molar-refractivity contribution in [2.24, 2.45) is 7.05 Å². The molecule has 0 radical (unpaired) electrons. The molecule has 0 aliphatic heterocycles. The monoisotopic (exact) mass is 253 g/mol. The third kappa shape index (κ3) is 2.62. The van der Waals surface area contributed by atoms with Crippen LogP contribution in [0.4, 0.5) is 0 Å². The van der Waals surface area contributed by atoms with E-state index in [0.29, 0.717) is 6.42 Å². The maximum absolute atomic E-state index is 5.32. The number of likely N-dealkylation sites (N-methyl/N-ethyl adjacent to an activating group) is 1. The minimum absolute atomic E-state index is 0.147. The lowest BCUT2D eigenvalue weighted by Crippen LogP contribution is -2.19. The number of aromatic nitrogens is 4. The average molecular weight is 253 g/mol. The Morgan fingerprint density at radius 2 is 2.41 bits per heavy atom. The van der Waals surface area contributed by atoms with Gasteiger partial charge in [0.2, 0.25) is 0 Å². The molecule has 0 bridgehead atoms. The van der Waals surface area contributed by atoms with Crippen molar-refractivity contribution >= 4 is 11.3 Å². The zero-order valence-corrected chi connectivity index (χ0v) is 10.9. The normalized spacial score (nSPS) is 12.6. The third-order valence-corrected chi connectivity index (χ3v) is 3.49. The SMILES string of the molecule is CNC(Cc1nnn(C)n1)c1sccc1OC. The number of aryl methyl sites for hydroxylation is 1. The van der Waals surface area contributed by atoms with Crippen molar-refractivity contribution in [1.82, 2.24) is 25.5 Å². The van der Waals surface area contributed by atoms with Crippen LogP contribution in [-0.4, -0.2) is 34.4 Å². The summed E-state index contributed by atoms with van der Waals surface area (Å²) < 4.78 is 5.32. The third-order valence-electron chi connectivity index (χ3n) is 2.48. The Balaban J connectivity index is 2.16. The summed E-state index contributed by atoms with van der Waals surface area (Å²) in [6.45, 7) is 0. The van der Waals surface area contributed by atoms with Gasteiger partial charge in [0.05, 0.1) is 25.1 Å². The van der Waals surface area contributed by atoms with Crippen LogP contribution in [0.2, 0.25) is 0 Å². The molecule has 0 saturated carbocycles. The minimum atomic E-state index is 0.147. The lowest BCUT2D eigenvalue weighted by atomic mass is 10.1. The van der Waals surface area contributed by atoms with E-state index >= 15 is 0 Å². The van der Waals surface area contributed by atoms with E-state index in [1.54, 1.807) is 25.5 Å². The fourth-order valence-corrected chi connectivity index (χ4v) is 2.62. The predicted molar refractivity (Wildman–Crippen MR) is 65.2 cm³/mol. The highest BCUT2D eigenvalue weighted by Gasteiger charge is 2.18. The molecule has 2 rings (SSSR count). The van der Waals surface area contributed by atoms with E-state index in [-0.39, 0.29) is 6.04 Å². The molecular formula is C10H15N5OS. The van der Waals surface area contributed by atoms with Crippen molar-refractivity contribution < 1.29 is 4.74 Å². The molecule has 0 spiro atoms. The first-order valence-corrected chi connectivity index (χ1v) is 6.14. The van der Waals surface area contributed by atoms with Crippen molar-refractivity contribution in [3.8, 4) is 5.75 Å². The fraction of sp³-hybridized carbons (Fsp3) is 0.500. The molecule has 2 aromatic rings. The molecule has 1 unspecified atom stereocenters. The van der Waals surface area contributed by atoms with Crippen LogP contribution in [0.3, 0.4) is 0 Å². The van der Waals surface area contributed by atoms with Crippen LogP contribution in [0.5, 0.6) is 5.75 Å². The molecule has 6 nitrogen and oxygen atoms in total. The second-order valence-electron chi connectivity index (χ2n) is 3.59. The summed E-state index contributed by atoms with van der Waals surface area (Å²) >= 11 is 1.66. The molecule has 0 fully saturated rings. The van der Waals surface area contributed by atoms with Crippen LogP contribution in [0.25, 0.3) is 0 Å². The Morgan fingerprint density at radius 3 is 3.00 bits per heavy atom. The summed E-state index contributed by atoms with van der Waals surface area (Å²) in [5.74, 6) is 1.63. The van der Waals surface area contributed by atoms with E-state index in [1.807, 2.05) is 18.5 Å². The van der Waals surface area contributed by atoms with Gasteiger partial charge < -0.3 is 10.1 Å². The maximum atomic E-state index is 5.32. The van der Waals surface area contributed by atoms with Gasteiger partial charge in [-0.25, -0.2) is 0 Å². The second-order valence-corrected chi connectivity index (χ2v) is 4.54. The van der Waals surface area contributed by atoms with Crippen molar-refractivity contribution in [1.29, 1.82) is 0 Å². The van der Waals surface area contributed by atoms with E-state index in [2.05, 4.69) is 20.7 Å². The van der Waals surface area contributed by atoms with Gasteiger partial charge in [-0.2, -0.15) is 4.80 Å². The summed E-state index contributed by atoms with van der Waals surface area (Å²) in [6.07, 6.45) is 0.696. The maximum Gasteiger partial charge on any atom is 0.176 e. The van der Waals surface area contributed by atoms with Crippen LogP contribution in [0.1, 0.15) is 16.7 Å². The Bertz CT molecular complexity index is 481. The largest absolute Gasteiger partial charge is 0.496 e. The average Bonchev–Trinajstić information content (AvgIpc) is 2.94. The molecule has 92 valence electrons. The van der Waals surface area contributed by atoms with Crippen LogP contribution in [0, 0.1) is 0 Å². The van der Waals surface area contributed by atoms with Gasteiger partial charge in [0.15, 0.2) is 5.82 Å². The second kappa shape index (κ2) is 5.24. The van der Waals surface area contributed by atoms with E-state index in [1.165, 1.54) is 4.80 Å². The number of tetrazole rings is 1. The van der Waals surface area contributed by atoms with Crippen LogP contribution < -0.4 is 10.1 Å². The summed E-state index contributed by atoms with van der Waals surface area (Å²) in [7, 11) is 5.36. The molecule has 0 saturated heterocycles. The fourth-order valence-electron chi connectivity index (χ4n) is 1.65. The Labute approximate surface area is 104 Å². The predicted octanol–water partition coefficient (Wildman–Crippen LogP) is 0.783. The van der Waals surface area contributed by atoms with Gasteiger partial charge in [0.25, 0.3) is 0 Å². The van der Waals surface area contributed by atoms with Crippen molar-refractivity contribution in [3.63, 3.8) is 0 Å². The van der Waals surface area contributed by atoms with Crippen molar-refractivity contribution in [2.45, 2.75) is 12.5 Å². The summed E-state index contributed by atoms with van der Waals surface area (Å²) in [5, 5.41) is 17.3. The Morgan fingerprint density at radius 1 is 1.59 bits per heavy atom. The molecule has 7 heteroatoms. The minimum Gasteiger partial charge on any atom is -0.496 e. The molecule has 2 heterocycles. The molecule has 0 amide bonds. The summed E-state index contributed by atoms with van der Waals surface area (Å²) in [4.78, 5) is 2.62. The highest BCUT2D eigenvalue weighted by molar-refractivity contribution is 7.10. The number of hydrogen-bond acceptors (Lipinski definition) is 6. The highest BCUT2D eigenvalue weighted by Crippen LogP contribution is 2.31. The molecule has 0 aromatic carbocycles. The van der Waals surface area contributed by atoms with E-state index < -0.39 is 0 Å². The zero-order valence-electron chi connectivity index (χ0n) is 10.0. The van der Waals surface area contributed by atoms with E-state index in [4.69, 9.17) is 4.74 Å². The van der Waals surface area contributed by atoms with E-state index in [0.717, 1.165) is 16.5 Å². The molecule has 1 N–H and O–H groups in total.